The monoisotopic (exact) mass is 498 g/mol. The number of benzene rings is 6. The number of hydrogen-bond donors (Lipinski definition) is 0. The number of aromatic nitrogens is 1. The van der Waals surface area contributed by atoms with E-state index < -0.39 is 0 Å². The molecule has 6 aromatic carbocycles. The van der Waals surface area contributed by atoms with Gasteiger partial charge in [-0.15, -0.1) is 0 Å². The highest BCUT2D eigenvalue weighted by Gasteiger charge is 2.26. The molecule has 1 aromatic heterocycles. The summed E-state index contributed by atoms with van der Waals surface area (Å²) in [7, 11) is 0. The van der Waals surface area contributed by atoms with Gasteiger partial charge in [0.05, 0.1) is 5.69 Å². The maximum Gasteiger partial charge on any atom is 0.0634 e. The summed E-state index contributed by atoms with van der Waals surface area (Å²) < 4.78 is 0. The van der Waals surface area contributed by atoms with Crippen LogP contribution in [-0.4, -0.2) is 4.98 Å². The fourth-order valence-corrected chi connectivity index (χ4v) is 6.42. The van der Waals surface area contributed by atoms with E-state index in [2.05, 4.69) is 137 Å². The molecule has 0 bridgehead atoms. The third-order valence-corrected chi connectivity index (χ3v) is 8.19. The van der Waals surface area contributed by atoms with E-state index in [-0.39, 0.29) is 0 Å². The number of fused-ring (bicyclic) bond motifs is 5. The molecule has 0 saturated heterocycles. The second-order valence-electron chi connectivity index (χ2n) is 10.3. The van der Waals surface area contributed by atoms with Crippen molar-refractivity contribution in [2.24, 2.45) is 0 Å². The molecule has 0 N–H and O–H groups in total. The zero-order valence-corrected chi connectivity index (χ0v) is 21.5. The van der Waals surface area contributed by atoms with Crippen LogP contribution in [0.4, 0.5) is 17.1 Å². The molecule has 2 heterocycles. The molecule has 0 aliphatic carbocycles. The second kappa shape index (κ2) is 8.82. The summed E-state index contributed by atoms with van der Waals surface area (Å²) in [6.07, 6.45) is 6.02. The Morgan fingerprint density at radius 1 is 0.513 bits per heavy atom. The molecule has 184 valence electrons. The Morgan fingerprint density at radius 3 is 1.90 bits per heavy atom. The van der Waals surface area contributed by atoms with Crippen LogP contribution in [0.1, 0.15) is 11.1 Å². The van der Waals surface area contributed by atoms with Crippen molar-refractivity contribution in [3.63, 3.8) is 0 Å². The molecular weight excluding hydrogens is 472 g/mol. The van der Waals surface area contributed by atoms with E-state index in [1.165, 1.54) is 66.2 Å². The summed E-state index contributed by atoms with van der Waals surface area (Å²) in [4.78, 5) is 7.16. The van der Waals surface area contributed by atoms with E-state index in [9.17, 15) is 0 Å². The van der Waals surface area contributed by atoms with E-state index in [4.69, 9.17) is 0 Å². The minimum atomic E-state index is 1.02. The lowest BCUT2D eigenvalue weighted by molar-refractivity contribution is 0.977. The number of hydrogen-bond acceptors (Lipinski definition) is 2. The molecule has 1 aliphatic heterocycles. The van der Waals surface area contributed by atoms with E-state index in [1.807, 2.05) is 6.20 Å². The van der Waals surface area contributed by atoms with Crippen molar-refractivity contribution in [1.29, 1.82) is 0 Å². The third kappa shape index (κ3) is 3.45. The number of rotatable bonds is 2. The number of para-hydroxylation sites is 2. The van der Waals surface area contributed by atoms with Crippen molar-refractivity contribution in [3.05, 3.63) is 145 Å². The second-order valence-corrected chi connectivity index (χ2v) is 10.3. The van der Waals surface area contributed by atoms with E-state index in [0.29, 0.717) is 0 Å². The van der Waals surface area contributed by atoms with Gasteiger partial charge in [-0.3, -0.25) is 4.98 Å². The van der Waals surface area contributed by atoms with Crippen molar-refractivity contribution in [3.8, 4) is 11.1 Å². The first kappa shape index (κ1) is 22.1. The number of aryl methyl sites for hydroxylation is 2. The predicted octanol–water partition coefficient (Wildman–Crippen LogP) is 9.78. The molecule has 1 aliphatic rings. The van der Waals surface area contributed by atoms with E-state index in [0.717, 1.165) is 18.2 Å². The molecule has 7 aromatic rings. The average Bonchev–Trinajstić information content (AvgIpc) is 3.16. The highest BCUT2D eigenvalue weighted by Crippen LogP contribution is 2.50. The first-order valence-corrected chi connectivity index (χ1v) is 13.6. The molecule has 0 unspecified atom stereocenters. The van der Waals surface area contributed by atoms with Gasteiger partial charge in [0.15, 0.2) is 0 Å². The highest BCUT2D eigenvalue weighted by molar-refractivity contribution is 6.22. The van der Waals surface area contributed by atoms with Gasteiger partial charge in [-0.25, -0.2) is 0 Å². The minimum absolute atomic E-state index is 1.02. The molecule has 39 heavy (non-hydrogen) atoms. The lowest BCUT2D eigenvalue weighted by atomic mass is 9.89. The Balaban J connectivity index is 1.52. The summed E-state index contributed by atoms with van der Waals surface area (Å²) >= 11 is 0. The van der Waals surface area contributed by atoms with Crippen LogP contribution in [0.3, 0.4) is 0 Å². The molecular formula is C37H26N2. The predicted molar refractivity (Wildman–Crippen MR) is 164 cm³/mol. The maximum absolute atomic E-state index is 4.67. The van der Waals surface area contributed by atoms with Crippen molar-refractivity contribution >= 4 is 49.4 Å². The topological polar surface area (TPSA) is 16.1 Å². The third-order valence-electron chi connectivity index (χ3n) is 8.19. The van der Waals surface area contributed by atoms with Gasteiger partial charge in [0.25, 0.3) is 0 Å². The smallest absolute Gasteiger partial charge is 0.0634 e. The lowest BCUT2D eigenvalue weighted by Gasteiger charge is -2.30. The summed E-state index contributed by atoms with van der Waals surface area (Å²) in [5, 5.41) is 7.36. The molecule has 8 rings (SSSR count). The summed E-state index contributed by atoms with van der Waals surface area (Å²) in [6, 6.07) is 44.2. The van der Waals surface area contributed by atoms with Crippen molar-refractivity contribution in [2.45, 2.75) is 12.8 Å². The summed E-state index contributed by atoms with van der Waals surface area (Å²) in [5.74, 6) is 0. The number of nitrogens with zero attached hydrogens (tertiary/aromatic N) is 2. The van der Waals surface area contributed by atoms with Crippen LogP contribution in [0, 0.1) is 0 Å². The zero-order valence-electron chi connectivity index (χ0n) is 21.5. The van der Waals surface area contributed by atoms with Crippen molar-refractivity contribution < 1.29 is 0 Å². The Kier molecular flexibility index (Phi) is 4.99. The van der Waals surface area contributed by atoms with Crippen LogP contribution >= 0.6 is 0 Å². The van der Waals surface area contributed by atoms with E-state index >= 15 is 0 Å². The van der Waals surface area contributed by atoms with Gasteiger partial charge in [0.1, 0.15) is 0 Å². The fourth-order valence-electron chi connectivity index (χ4n) is 6.42. The Hall–Kier alpha value is -4.95. The van der Waals surface area contributed by atoms with Gasteiger partial charge < -0.3 is 4.90 Å². The summed E-state index contributed by atoms with van der Waals surface area (Å²) in [5.41, 5.74) is 8.91. The molecule has 0 atom stereocenters. The first-order valence-electron chi connectivity index (χ1n) is 13.6. The number of pyridine rings is 1. The SMILES string of the molecule is c1ccc2c(c1)CCc1ccccc1N2c1c2ccccc2c(-c2ccc3ccccc3c2)c2ccncc12. The first-order chi connectivity index (χ1) is 19.4. The van der Waals surface area contributed by atoms with Crippen LogP contribution in [0.5, 0.6) is 0 Å². The quantitative estimate of drug-likeness (QED) is 0.221. The maximum atomic E-state index is 4.67. The normalized spacial score (nSPS) is 12.9. The van der Waals surface area contributed by atoms with Gasteiger partial charge >= 0.3 is 0 Å². The zero-order chi connectivity index (χ0) is 25.8. The molecule has 0 fully saturated rings. The Bertz CT molecular complexity index is 1930. The standard InChI is InChI=1S/C37H26N2/c1-2-12-28-23-29(20-17-25(28)9-1)36-30-13-5-6-14-32(30)37(33-24-38-22-21-31(33)36)39-34-15-7-3-10-26(34)18-19-27-11-4-8-16-35(27)39/h1-17,20-24H,18-19H2. The van der Waals surface area contributed by atoms with Gasteiger partial charge in [-0.05, 0) is 80.9 Å². The minimum Gasteiger partial charge on any atom is -0.309 e. The summed E-state index contributed by atoms with van der Waals surface area (Å²) in [6.45, 7) is 0. The lowest BCUT2D eigenvalue weighted by Crippen LogP contribution is -2.13. The highest BCUT2D eigenvalue weighted by atomic mass is 15.2. The van der Waals surface area contributed by atoms with Crippen LogP contribution in [0.25, 0.3) is 43.4 Å². The van der Waals surface area contributed by atoms with Gasteiger partial charge in [0.2, 0.25) is 0 Å². The van der Waals surface area contributed by atoms with Crippen molar-refractivity contribution in [1.82, 2.24) is 4.98 Å². The molecule has 2 heteroatoms. The molecule has 0 saturated carbocycles. The van der Waals surface area contributed by atoms with Gasteiger partial charge in [-0.2, -0.15) is 0 Å². The van der Waals surface area contributed by atoms with Crippen LogP contribution in [-0.2, 0) is 12.8 Å². The largest absolute Gasteiger partial charge is 0.309 e. The van der Waals surface area contributed by atoms with Crippen LogP contribution in [0.2, 0.25) is 0 Å². The number of anilines is 3. The Morgan fingerprint density at radius 2 is 1.13 bits per heavy atom. The van der Waals surface area contributed by atoms with Crippen molar-refractivity contribution in [2.75, 3.05) is 4.90 Å². The van der Waals surface area contributed by atoms with Gasteiger partial charge in [-0.1, -0.05) is 97.1 Å². The van der Waals surface area contributed by atoms with Crippen LogP contribution in [0.15, 0.2) is 134 Å². The molecule has 0 radical (unpaired) electrons. The average molecular weight is 499 g/mol. The fraction of sp³-hybridized carbons (Fsp3) is 0.0541. The molecule has 0 spiro atoms. The van der Waals surface area contributed by atoms with Crippen LogP contribution < -0.4 is 4.90 Å². The van der Waals surface area contributed by atoms with Gasteiger partial charge in [0, 0.05) is 34.5 Å². The van der Waals surface area contributed by atoms with E-state index in [1.54, 1.807) is 0 Å². The Labute approximate surface area is 227 Å². The molecule has 2 nitrogen and oxygen atoms in total. The molecule has 0 amide bonds.